The van der Waals surface area contributed by atoms with Gasteiger partial charge in [0.2, 0.25) is 0 Å². The number of thioether (sulfide) groups is 1. The Morgan fingerprint density at radius 3 is 2.19 bits per heavy atom. The molecule has 1 heterocycles. The van der Waals surface area contributed by atoms with Crippen LogP contribution < -0.4 is 10.1 Å². The average Bonchev–Trinajstić information content (AvgIpc) is 3.02. The van der Waals surface area contributed by atoms with Gasteiger partial charge >= 0.3 is 0 Å². The Balaban J connectivity index is 1.87. The Morgan fingerprint density at radius 1 is 0.968 bits per heavy atom. The fourth-order valence-electron chi connectivity index (χ4n) is 4.61. The second-order valence-electron chi connectivity index (χ2n) is 9.79. The summed E-state index contributed by atoms with van der Waals surface area (Å²) in [6.07, 6.45) is 4.09. The number of fused-ring (bicyclic) bond motifs is 1. The number of hydrogen-bond donors (Lipinski definition) is 1. The summed E-state index contributed by atoms with van der Waals surface area (Å²) in [6, 6.07) is 10.6. The van der Waals surface area contributed by atoms with Crippen LogP contribution in [-0.2, 0) is 15.6 Å². The fourth-order valence-corrected chi connectivity index (χ4v) is 5.29. The van der Waals surface area contributed by atoms with Crippen molar-refractivity contribution >= 4 is 29.0 Å². The van der Waals surface area contributed by atoms with Crippen molar-refractivity contribution in [3.8, 4) is 16.9 Å². The molecule has 162 valence electrons. The van der Waals surface area contributed by atoms with Crippen molar-refractivity contribution in [3.63, 3.8) is 0 Å². The number of benzene rings is 2. The van der Waals surface area contributed by atoms with E-state index in [1.807, 2.05) is 18.2 Å². The van der Waals surface area contributed by atoms with E-state index < -0.39 is 0 Å². The monoisotopic (exact) mass is 435 g/mol. The minimum absolute atomic E-state index is 0.110. The number of hydrogen-bond acceptors (Lipinski definition) is 4. The molecule has 0 spiro atoms. The molecule has 2 aliphatic rings. The number of aryl methyl sites for hydroxylation is 1. The molecule has 2 aromatic carbocycles. The minimum atomic E-state index is -0.346. The van der Waals surface area contributed by atoms with Gasteiger partial charge in [-0.05, 0) is 94.4 Å². The first-order valence-electron chi connectivity index (χ1n) is 10.6. The van der Waals surface area contributed by atoms with Crippen molar-refractivity contribution in [2.75, 3.05) is 7.11 Å². The van der Waals surface area contributed by atoms with Gasteiger partial charge in [-0.15, -0.1) is 0 Å². The van der Waals surface area contributed by atoms with E-state index in [1.165, 1.54) is 23.1 Å². The molecule has 4 nitrogen and oxygen atoms in total. The molecule has 5 heteroatoms. The van der Waals surface area contributed by atoms with Gasteiger partial charge in [-0.3, -0.25) is 14.9 Å². The summed E-state index contributed by atoms with van der Waals surface area (Å²) in [6.45, 7) is 11.5. The molecule has 2 aromatic rings. The third-order valence-electron chi connectivity index (χ3n) is 6.65. The number of nitrogens with one attached hydrogen (secondary N) is 1. The Kier molecular flexibility index (Phi) is 5.29. The van der Waals surface area contributed by atoms with Gasteiger partial charge in [-0.2, -0.15) is 0 Å². The van der Waals surface area contributed by atoms with Gasteiger partial charge in [0.15, 0.2) is 0 Å². The maximum atomic E-state index is 12.0. The standard InChI is InChI=1S/C26H29NO3S/c1-15-11-19-20(26(4,5)10-9-25(19,2)3)14-17(15)18-12-16(7-8-21(18)30-6)13-22-23(28)27-24(29)31-22/h7-8,11-14H,9-10H2,1-6H3,(H,27,28,29). The summed E-state index contributed by atoms with van der Waals surface area (Å²) in [5.74, 6) is 0.444. The summed E-state index contributed by atoms with van der Waals surface area (Å²) in [5.41, 5.74) is 7.29. The van der Waals surface area contributed by atoms with Crippen LogP contribution in [0.3, 0.4) is 0 Å². The second-order valence-corrected chi connectivity index (χ2v) is 10.8. The predicted molar refractivity (Wildman–Crippen MR) is 128 cm³/mol. The van der Waals surface area contributed by atoms with Crippen molar-refractivity contribution in [1.29, 1.82) is 0 Å². The van der Waals surface area contributed by atoms with Crippen LogP contribution in [-0.4, -0.2) is 18.3 Å². The Morgan fingerprint density at radius 2 is 1.61 bits per heavy atom. The molecule has 31 heavy (non-hydrogen) atoms. The first kappa shape index (κ1) is 21.7. The first-order valence-corrected chi connectivity index (χ1v) is 11.4. The lowest BCUT2D eigenvalue weighted by Crippen LogP contribution is -2.34. The molecule has 0 bridgehead atoms. The van der Waals surface area contributed by atoms with E-state index in [0.717, 1.165) is 40.6 Å². The van der Waals surface area contributed by atoms with Crippen molar-refractivity contribution in [3.05, 3.63) is 57.5 Å². The molecule has 1 fully saturated rings. The Bertz CT molecular complexity index is 1130. The third-order valence-corrected chi connectivity index (χ3v) is 7.46. The zero-order valence-corrected chi connectivity index (χ0v) is 19.8. The van der Waals surface area contributed by atoms with E-state index in [4.69, 9.17) is 4.74 Å². The van der Waals surface area contributed by atoms with E-state index >= 15 is 0 Å². The lowest BCUT2D eigenvalue weighted by molar-refractivity contribution is -0.115. The molecule has 1 saturated heterocycles. The highest BCUT2D eigenvalue weighted by atomic mass is 32.2. The number of carbonyl (C=O) groups is 2. The van der Waals surface area contributed by atoms with E-state index in [2.05, 4.69) is 52.1 Å². The minimum Gasteiger partial charge on any atom is -0.496 e. The number of carbonyl (C=O) groups excluding carboxylic acids is 2. The molecule has 4 rings (SSSR count). The summed E-state index contributed by atoms with van der Waals surface area (Å²) >= 11 is 0.932. The molecule has 0 saturated carbocycles. The van der Waals surface area contributed by atoms with Crippen LogP contribution in [0.15, 0.2) is 35.2 Å². The van der Waals surface area contributed by atoms with E-state index in [9.17, 15) is 9.59 Å². The van der Waals surface area contributed by atoms with Gasteiger partial charge in [0.25, 0.3) is 11.1 Å². The summed E-state index contributed by atoms with van der Waals surface area (Å²) in [5, 5.41) is 1.98. The lowest BCUT2D eigenvalue weighted by atomic mass is 9.62. The number of methoxy groups -OCH3 is 1. The van der Waals surface area contributed by atoms with E-state index in [0.29, 0.717) is 4.91 Å². The molecule has 0 atom stereocenters. The van der Waals surface area contributed by atoms with Gasteiger partial charge in [-0.1, -0.05) is 39.8 Å². The summed E-state index contributed by atoms with van der Waals surface area (Å²) < 4.78 is 5.70. The zero-order chi connectivity index (χ0) is 22.6. The summed E-state index contributed by atoms with van der Waals surface area (Å²) in [4.78, 5) is 23.9. The molecule has 1 aliphatic carbocycles. The van der Waals surface area contributed by atoms with Crippen molar-refractivity contribution in [2.24, 2.45) is 0 Å². The third kappa shape index (κ3) is 3.91. The molecule has 0 unspecified atom stereocenters. The van der Waals surface area contributed by atoms with Crippen LogP contribution in [0.4, 0.5) is 4.79 Å². The van der Waals surface area contributed by atoms with Crippen molar-refractivity contribution < 1.29 is 14.3 Å². The number of amides is 2. The predicted octanol–water partition coefficient (Wildman–Crippen LogP) is 6.34. The van der Waals surface area contributed by atoms with Crippen LogP contribution in [0.1, 0.15) is 62.8 Å². The molecular weight excluding hydrogens is 406 g/mol. The van der Waals surface area contributed by atoms with Crippen LogP contribution in [0.25, 0.3) is 17.2 Å². The maximum Gasteiger partial charge on any atom is 0.290 e. The van der Waals surface area contributed by atoms with Crippen LogP contribution >= 0.6 is 11.8 Å². The van der Waals surface area contributed by atoms with Gasteiger partial charge in [-0.25, -0.2) is 0 Å². The van der Waals surface area contributed by atoms with Crippen LogP contribution in [0.2, 0.25) is 0 Å². The molecule has 0 aromatic heterocycles. The fraction of sp³-hybridized carbons (Fsp3) is 0.385. The average molecular weight is 436 g/mol. The largest absolute Gasteiger partial charge is 0.496 e. The van der Waals surface area contributed by atoms with Crippen molar-refractivity contribution in [1.82, 2.24) is 5.32 Å². The molecule has 2 amide bonds. The highest BCUT2D eigenvalue weighted by molar-refractivity contribution is 8.18. The number of imide groups is 1. The Hall–Kier alpha value is -2.53. The van der Waals surface area contributed by atoms with Crippen molar-refractivity contribution in [2.45, 2.75) is 58.3 Å². The first-order chi connectivity index (χ1) is 14.5. The maximum absolute atomic E-state index is 12.0. The molecule has 1 aliphatic heterocycles. The number of ether oxygens (including phenoxy) is 1. The normalized spacial score (nSPS) is 20.5. The Labute approximate surface area is 188 Å². The molecular formula is C26H29NO3S. The van der Waals surface area contributed by atoms with Crippen LogP contribution in [0, 0.1) is 6.92 Å². The molecule has 0 radical (unpaired) electrons. The SMILES string of the molecule is COc1ccc(C=C2SC(=O)NC2=O)cc1-c1cc2c(cc1C)C(C)(C)CCC2(C)C. The smallest absolute Gasteiger partial charge is 0.290 e. The zero-order valence-electron chi connectivity index (χ0n) is 19.0. The quantitative estimate of drug-likeness (QED) is 0.571. The topological polar surface area (TPSA) is 55.4 Å². The summed E-state index contributed by atoms with van der Waals surface area (Å²) in [7, 11) is 1.68. The lowest BCUT2D eigenvalue weighted by Gasteiger charge is -2.42. The molecule has 1 N–H and O–H groups in total. The van der Waals surface area contributed by atoms with Gasteiger partial charge < -0.3 is 4.74 Å². The van der Waals surface area contributed by atoms with Crippen LogP contribution in [0.5, 0.6) is 5.75 Å². The van der Waals surface area contributed by atoms with E-state index in [1.54, 1.807) is 13.2 Å². The van der Waals surface area contributed by atoms with Gasteiger partial charge in [0.05, 0.1) is 12.0 Å². The number of rotatable bonds is 3. The van der Waals surface area contributed by atoms with Gasteiger partial charge in [0.1, 0.15) is 5.75 Å². The second kappa shape index (κ2) is 7.56. The highest BCUT2D eigenvalue weighted by Crippen LogP contribution is 2.48. The van der Waals surface area contributed by atoms with E-state index in [-0.39, 0.29) is 22.0 Å². The van der Waals surface area contributed by atoms with Gasteiger partial charge in [0, 0.05) is 5.56 Å². The highest BCUT2D eigenvalue weighted by Gasteiger charge is 2.37.